The van der Waals surface area contributed by atoms with Crippen molar-refractivity contribution in [2.75, 3.05) is 19.6 Å². The van der Waals surface area contributed by atoms with Crippen LogP contribution >= 0.6 is 0 Å². The molecule has 0 radical (unpaired) electrons. The van der Waals surface area contributed by atoms with Crippen molar-refractivity contribution in [3.8, 4) is 0 Å². The third-order valence-corrected chi connectivity index (χ3v) is 3.77. The Kier molecular flexibility index (Phi) is 4.93. The number of aliphatic hydroxyl groups excluding tert-OH is 1. The summed E-state index contributed by atoms with van der Waals surface area (Å²) in [5.41, 5.74) is 6.46. The first-order chi connectivity index (χ1) is 9.15. The van der Waals surface area contributed by atoms with Gasteiger partial charge in [-0.15, -0.1) is 0 Å². The minimum atomic E-state index is -0.354. The Balaban J connectivity index is 1.75. The fraction of sp³-hybridized carbons (Fsp3) is 0.533. The highest BCUT2D eigenvalue weighted by Crippen LogP contribution is 2.17. The SMILES string of the molecule is NC(=O)C1CCN(CC(O)Cc2ccccc2)CC1. The first-order valence-corrected chi connectivity index (χ1v) is 6.89. The molecule has 2 rings (SSSR count). The molecule has 1 amide bonds. The van der Waals surface area contributed by atoms with Crippen LogP contribution in [0.4, 0.5) is 0 Å². The van der Waals surface area contributed by atoms with Crippen molar-refractivity contribution in [1.29, 1.82) is 0 Å². The maximum atomic E-state index is 11.1. The lowest BCUT2D eigenvalue weighted by Crippen LogP contribution is -2.42. The summed E-state index contributed by atoms with van der Waals surface area (Å²) in [5, 5.41) is 10.1. The van der Waals surface area contributed by atoms with E-state index >= 15 is 0 Å². The Morgan fingerprint density at radius 1 is 1.32 bits per heavy atom. The molecule has 1 saturated heterocycles. The predicted molar refractivity (Wildman–Crippen MR) is 74.5 cm³/mol. The Hall–Kier alpha value is -1.39. The molecule has 0 bridgehead atoms. The maximum absolute atomic E-state index is 11.1. The van der Waals surface area contributed by atoms with E-state index in [9.17, 15) is 9.90 Å². The minimum Gasteiger partial charge on any atom is -0.391 e. The summed E-state index contributed by atoms with van der Waals surface area (Å²) in [6, 6.07) is 10.0. The Labute approximate surface area is 114 Å². The van der Waals surface area contributed by atoms with Crippen LogP contribution in [0.15, 0.2) is 30.3 Å². The van der Waals surface area contributed by atoms with Crippen molar-refractivity contribution < 1.29 is 9.90 Å². The van der Waals surface area contributed by atoms with Crippen LogP contribution in [0.25, 0.3) is 0 Å². The zero-order chi connectivity index (χ0) is 13.7. The van der Waals surface area contributed by atoms with Crippen molar-refractivity contribution in [1.82, 2.24) is 4.90 Å². The molecule has 0 spiro atoms. The molecule has 1 aliphatic rings. The summed E-state index contributed by atoms with van der Waals surface area (Å²) in [5.74, 6) is -0.174. The van der Waals surface area contributed by atoms with Gasteiger partial charge in [-0.2, -0.15) is 0 Å². The van der Waals surface area contributed by atoms with E-state index < -0.39 is 0 Å². The number of likely N-dealkylation sites (tertiary alicyclic amines) is 1. The smallest absolute Gasteiger partial charge is 0.220 e. The Bertz CT molecular complexity index is 400. The molecule has 104 valence electrons. The summed E-state index contributed by atoms with van der Waals surface area (Å²) < 4.78 is 0. The van der Waals surface area contributed by atoms with Crippen molar-refractivity contribution in [3.63, 3.8) is 0 Å². The second-order valence-electron chi connectivity index (χ2n) is 5.32. The number of hydrogen-bond acceptors (Lipinski definition) is 3. The van der Waals surface area contributed by atoms with Crippen LogP contribution in [0.1, 0.15) is 18.4 Å². The predicted octanol–water partition coefficient (Wildman–Crippen LogP) is 0.787. The number of carbonyl (C=O) groups is 1. The summed E-state index contributed by atoms with van der Waals surface area (Å²) in [4.78, 5) is 13.3. The minimum absolute atomic E-state index is 0.0162. The van der Waals surface area contributed by atoms with Crippen molar-refractivity contribution in [2.45, 2.75) is 25.4 Å². The van der Waals surface area contributed by atoms with Gasteiger partial charge in [-0.05, 0) is 37.9 Å². The van der Waals surface area contributed by atoms with Crippen LogP contribution in [0, 0.1) is 5.92 Å². The number of nitrogens with two attached hydrogens (primary N) is 1. The highest BCUT2D eigenvalue weighted by Gasteiger charge is 2.24. The van der Waals surface area contributed by atoms with Gasteiger partial charge < -0.3 is 15.7 Å². The Morgan fingerprint density at radius 3 is 2.53 bits per heavy atom. The molecule has 3 N–H and O–H groups in total. The molecule has 4 heteroatoms. The summed E-state index contributed by atoms with van der Waals surface area (Å²) in [7, 11) is 0. The van der Waals surface area contributed by atoms with Gasteiger partial charge in [0.2, 0.25) is 5.91 Å². The van der Waals surface area contributed by atoms with E-state index in [0.29, 0.717) is 13.0 Å². The lowest BCUT2D eigenvalue weighted by molar-refractivity contribution is -0.123. The summed E-state index contributed by atoms with van der Waals surface area (Å²) in [6.07, 6.45) is 1.95. The number of primary amides is 1. The molecule has 1 aromatic rings. The fourth-order valence-electron chi connectivity index (χ4n) is 2.65. The normalized spacial score (nSPS) is 19.2. The van der Waals surface area contributed by atoms with Gasteiger partial charge >= 0.3 is 0 Å². The lowest BCUT2D eigenvalue weighted by Gasteiger charge is -2.31. The van der Waals surface area contributed by atoms with E-state index in [0.717, 1.165) is 31.5 Å². The van der Waals surface area contributed by atoms with E-state index in [-0.39, 0.29) is 17.9 Å². The molecule has 1 heterocycles. The molecule has 1 atom stereocenters. The Morgan fingerprint density at radius 2 is 1.95 bits per heavy atom. The van der Waals surface area contributed by atoms with Gasteiger partial charge in [-0.3, -0.25) is 4.79 Å². The first kappa shape index (κ1) is 14.0. The van der Waals surface area contributed by atoms with Gasteiger partial charge in [-0.25, -0.2) is 0 Å². The highest BCUT2D eigenvalue weighted by atomic mass is 16.3. The van der Waals surface area contributed by atoms with Gasteiger partial charge in [0.05, 0.1) is 6.10 Å². The van der Waals surface area contributed by atoms with Crippen LogP contribution in [-0.4, -0.2) is 41.7 Å². The molecule has 19 heavy (non-hydrogen) atoms. The molecular formula is C15H22N2O2. The zero-order valence-corrected chi connectivity index (χ0v) is 11.2. The number of benzene rings is 1. The molecule has 1 fully saturated rings. The first-order valence-electron chi connectivity index (χ1n) is 6.89. The standard InChI is InChI=1S/C15H22N2O2/c16-15(19)13-6-8-17(9-7-13)11-14(18)10-12-4-2-1-3-5-12/h1-5,13-14,18H,6-11H2,(H2,16,19). The third-order valence-electron chi connectivity index (χ3n) is 3.77. The van der Waals surface area contributed by atoms with Crippen LogP contribution in [0.5, 0.6) is 0 Å². The van der Waals surface area contributed by atoms with E-state index in [1.165, 1.54) is 0 Å². The highest BCUT2D eigenvalue weighted by molar-refractivity contribution is 5.76. The molecule has 0 aliphatic carbocycles. The number of rotatable bonds is 5. The molecule has 0 saturated carbocycles. The maximum Gasteiger partial charge on any atom is 0.220 e. The number of hydrogen-bond donors (Lipinski definition) is 2. The second kappa shape index (κ2) is 6.68. The van der Waals surface area contributed by atoms with E-state index in [1.807, 2.05) is 30.3 Å². The molecule has 1 unspecified atom stereocenters. The van der Waals surface area contributed by atoms with Crippen molar-refractivity contribution in [2.24, 2.45) is 11.7 Å². The van der Waals surface area contributed by atoms with E-state index in [2.05, 4.69) is 4.90 Å². The van der Waals surface area contributed by atoms with Crippen molar-refractivity contribution >= 4 is 5.91 Å². The van der Waals surface area contributed by atoms with Crippen molar-refractivity contribution in [3.05, 3.63) is 35.9 Å². The van der Waals surface area contributed by atoms with Gasteiger partial charge in [0, 0.05) is 12.5 Å². The molecule has 1 aliphatic heterocycles. The van der Waals surface area contributed by atoms with Gasteiger partial charge in [0.15, 0.2) is 0 Å². The van der Waals surface area contributed by atoms with Crippen LogP contribution in [0.3, 0.4) is 0 Å². The summed E-state index contributed by atoms with van der Waals surface area (Å²) in [6.45, 7) is 2.36. The fourth-order valence-corrected chi connectivity index (χ4v) is 2.65. The average molecular weight is 262 g/mol. The number of aliphatic hydroxyl groups is 1. The number of carbonyl (C=O) groups excluding carboxylic acids is 1. The van der Waals surface area contributed by atoms with Crippen LogP contribution in [0.2, 0.25) is 0 Å². The molecule has 0 aromatic heterocycles. The molecular weight excluding hydrogens is 240 g/mol. The monoisotopic (exact) mass is 262 g/mol. The number of β-amino-alcohol motifs (C(OH)–C–C–N with tert-alkyl or cyclic N) is 1. The molecule has 4 nitrogen and oxygen atoms in total. The lowest BCUT2D eigenvalue weighted by atomic mass is 9.96. The van der Waals surface area contributed by atoms with Gasteiger partial charge in [0.1, 0.15) is 0 Å². The quantitative estimate of drug-likeness (QED) is 0.824. The largest absolute Gasteiger partial charge is 0.391 e. The topological polar surface area (TPSA) is 66.6 Å². The second-order valence-corrected chi connectivity index (χ2v) is 5.32. The van der Waals surface area contributed by atoms with Gasteiger partial charge in [-0.1, -0.05) is 30.3 Å². The molecule has 1 aromatic carbocycles. The number of nitrogens with zero attached hydrogens (tertiary/aromatic N) is 1. The zero-order valence-electron chi connectivity index (χ0n) is 11.2. The van der Waals surface area contributed by atoms with E-state index in [4.69, 9.17) is 5.73 Å². The average Bonchev–Trinajstić information content (AvgIpc) is 2.40. The number of piperidine rings is 1. The van der Waals surface area contributed by atoms with E-state index in [1.54, 1.807) is 0 Å². The van der Waals surface area contributed by atoms with Gasteiger partial charge in [0.25, 0.3) is 0 Å². The van der Waals surface area contributed by atoms with Crippen LogP contribution < -0.4 is 5.73 Å². The summed E-state index contributed by atoms with van der Waals surface area (Å²) >= 11 is 0. The van der Waals surface area contributed by atoms with Crippen LogP contribution in [-0.2, 0) is 11.2 Å². The third kappa shape index (κ3) is 4.33. The number of amides is 1.